The summed E-state index contributed by atoms with van der Waals surface area (Å²) in [5, 5.41) is 0. The molecule has 29 heavy (non-hydrogen) atoms. The highest BCUT2D eigenvalue weighted by molar-refractivity contribution is 5.99. The van der Waals surface area contributed by atoms with E-state index in [2.05, 4.69) is 6.07 Å². The highest BCUT2D eigenvalue weighted by atomic mass is 19.1. The molecule has 0 bridgehead atoms. The summed E-state index contributed by atoms with van der Waals surface area (Å²) in [5.74, 6) is -0.936. The fraction of sp³-hybridized carbons (Fsp3) is 0.417. The second-order valence-electron chi connectivity index (χ2n) is 8.15. The Morgan fingerprint density at radius 3 is 2.52 bits per heavy atom. The summed E-state index contributed by atoms with van der Waals surface area (Å²) >= 11 is 0. The maximum atomic E-state index is 14.0. The average molecular weight is 394 g/mol. The Morgan fingerprint density at radius 1 is 1.03 bits per heavy atom. The molecule has 1 aliphatic heterocycles. The van der Waals surface area contributed by atoms with Crippen molar-refractivity contribution in [3.63, 3.8) is 0 Å². The molecule has 4 nitrogen and oxygen atoms in total. The first-order valence-electron chi connectivity index (χ1n) is 10.4. The molecule has 2 aromatic carbocycles. The molecule has 0 saturated heterocycles. The molecule has 4 rings (SSSR count). The lowest BCUT2D eigenvalue weighted by molar-refractivity contribution is -0.142. The van der Waals surface area contributed by atoms with E-state index in [1.165, 1.54) is 11.6 Å². The molecule has 152 valence electrons. The molecule has 1 heterocycles. The number of nitrogens with zero attached hydrogens (tertiary/aromatic N) is 2. The zero-order chi connectivity index (χ0) is 20.4. The molecule has 1 saturated carbocycles. The Balaban J connectivity index is 1.51. The van der Waals surface area contributed by atoms with Crippen LogP contribution in [0.15, 0.2) is 48.5 Å². The van der Waals surface area contributed by atoms with Crippen molar-refractivity contribution in [1.82, 2.24) is 4.90 Å². The van der Waals surface area contributed by atoms with E-state index in [1.807, 2.05) is 23.1 Å². The first kappa shape index (κ1) is 19.6. The summed E-state index contributed by atoms with van der Waals surface area (Å²) in [6.45, 7) is 0.899. The summed E-state index contributed by atoms with van der Waals surface area (Å²) < 4.78 is 14.0. The van der Waals surface area contributed by atoms with E-state index in [-0.39, 0.29) is 36.0 Å². The number of anilines is 1. The number of carbonyl (C=O) groups excluding carboxylic acids is 2. The topological polar surface area (TPSA) is 40.6 Å². The number of hydrogen-bond donors (Lipinski definition) is 0. The molecule has 2 amide bonds. The van der Waals surface area contributed by atoms with E-state index in [1.54, 1.807) is 30.1 Å². The van der Waals surface area contributed by atoms with Crippen molar-refractivity contribution < 1.29 is 14.0 Å². The quantitative estimate of drug-likeness (QED) is 0.781. The third-order valence-electron chi connectivity index (χ3n) is 6.30. The molecule has 1 fully saturated rings. The average Bonchev–Trinajstić information content (AvgIpc) is 3.18. The fourth-order valence-corrected chi connectivity index (χ4v) is 4.73. The fourth-order valence-electron chi connectivity index (χ4n) is 4.73. The third-order valence-corrected chi connectivity index (χ3v) is 6.30. The molecular formula is C24H27FN2O2. The molecule has 0 N–H and O–H groups in total. The molecule has 2 unspecified atom stereocenters. The molecule has 2 aliphatic rings. The Kier molecular flexibility index (Phi) is 5.65. The lowest BCUT2D eigenvalue weighted by atomic mass is 9.77. The van der Waals surface area contributed by atoms with Crippen molar-refractivity contribution in [3.05, 3.63) is 65.5 Å². The van der Waals surface area contributed by atoms with Crippen LogP contribution in [0.3, 0.4) is 0 Å². The van der Waals surface area contributed by atoms with Crippen LogP contribution in [-0.2, 0) is 22.6 Å². The SMILES string of the molecule is CN(Cc1ccccc1F)C(=O)C1CCCCC1C(=O)N1CCc2ccccc21. The molecule has 2 aromatic rings. The van der Waals surface area contributed by atoms with Crippen LogP contribution in [0.2, 0.25) is 0 Å². The van der Waals surface area contributed by atoms with Gasteiger partial charge in [-0.2, -0.15) is 0 Å². The predicted molar refractivity (Wildman–Crippen MR) is 111 cm³/mol. The minimum Gasteiger partial charge on any atom is -0.341 e. The van der Waals surface area contributed by atoms with Gasteiger partial charge in [0.2, 0.25) is 11.8 Å². The minimum absolute atomic E-state index is 0.0567. The number of para-hydroxylation sites is 1. The first-order chi connectivity index (χ1) is 14.1. The van der Waals surface area contributed by atoms with Crippen LogP contribution in [0, 0.1) is 17.7 Å². The first-order valence-corrected chi connectivity index (χ1v) is 10.4. The molecule has 0 aromatic heterocycles. The number of hydrogen-bond acceptors (Lipinski definition) is 2. The molecule has 2 atom stereocenters. The van der Waals surface area contributed by atoms with Gasteiger partial charge >= 0.3 is 0 Å². The van der Waals surface area contributed by atoms with Gasteiger partial charge in [0.15, 0.2) is 0 Å². The van der Waals surface area contributed by atoms with Crippen LogP contribution >= 0.6 is 0 Å². The van der Waals surface area contributed by atoms with Crippen LogP contribution in [-0.4, -0.2) is 30.3 Å². The summed E-state index contributed by atoms with van der Waals surface area (Å²) in [6.07, 6.45) is 4.23. The van der Waals surface area contributed by atoms with Gasteiger partial charge in [0.25, 0.3) is 0 Å². The van der Waals surface area contributed by atoms with Gasteiger partial charge in [-0.3, -0.25) is 9.59 Å². The summed E-state index contributed by atoms with van der Waals surface area (Å²) in [7, 11) is 1.70. The molecule has 0 spiro atoms. The van der Waals surface area contributed by atoms with Gasteiger partial charge in [-0.05, 0) is 37.0 Å². The largest absolute Gasteiger partial charge is 0.341 e. The maximum absolute atomic E-state index is 14.0. The van der Waals surface area contributed by atoms with Crippen molar-refractivity contribution in [1.29, 1.82) is 0 Å². The number of amides is 2. The smallest absolute Gasteiger partial charge is 0.230 e. The predicted octanol–water partition coefficient (Wildman–Crippen LogP) is 4.18. The number of carbonyl (C=O) groups is 2. The Labute approximate surface area is 171 Å². The van der Waals surface area contributed by atoms with E-state index >= 15 is 0 Å². The van der Waals surface area contributed by atoms with Gasteiger partial charge in [0.05, 0.1) is 5.92 Å². The second-order valence-corrected chi connectivity index (χ2v) is 8.15. The van der Waals surface area contributed by atoms with E-state index in [9.17, 15) is 14.0 Å². The van der Waals surface area contributed by atoms with Gasteiger partial charge in [-0.25, -0.2) is 4.39 Å². The van der Waals surface area contributed by atoms with Gasteiger partial charge in [0.1, 0.15) is 5.82 Å². The standard InChI is InChI=1S/C24H27FN2O2/c1-26(16-18-9-2-6-12-21(18)25)23(28)19-10-4-5-11-20(19)24(29)27-15-14-17-8-3-7-13-22(17)27/h2-3,6-9,12-13,19-20H,4-5,10-11,14-16H2,1H3. The molecule has 0 radical (unpaired) electrons. The Morgan fingerprint density at radius 2 is 1.72 bits per heavy atom. The van der Waals surface area contributed by atoms with E-state index in [0.717, 1.165) is 31.4 Å². The van der Waals surface area contributed by atoms with E-state index in [4.69, 9.17) is 0 Å². The van der Waals surface area contributed by atoms with Crippen LogP contribution in [0.5, 0.6) is 0 Å². The monoisotopic (exact) mass is 394 g/mol. The Hall–Kier alpha value is -2.69. The van der Waals surface area contributed by atoms with Gasteiger partial charge < -0.3 is 9.80 Å². The molecule has 5 heteroatoms. The molecule has 1 aliphatic carbocycles. The maximum Gasteiger partial charge on any atom is 0.230 e. The summed E-state index contributed by atoms with van der Waals surface area (Å²) in [5.41, 5.74) is 2.67. The number of halogens is 1. The number of fused-ring (bicyclic) bond motifs is 1. The van der Waals surface area contributed by atoms with Crippen LogP contribution in [0.25, 0.3) is 0 Å². The second kappa shape index (κ2) is 8.36. The van der Waals surface area contributed by atoms with Crippen molar-refractivity contribution >= 4 is 17.5 Å². The normalized spacial score (nSPS) is 21.0. The van der Waals surface area contributed by atoms with Crippen molar-refractivity contribution in [3.8, 4) is 0 Å². The van der Waals surface area contributed by atoms with Crippen molar-refractivity contribution in [2.45, 2.75) is 38.6 Å². The highest BCUT2D eigenvalue weighted by Gasteiger charge is 2.40. The highest BCUT2D eigenvalue weighted by Crippen LogP contribution is 2.36. The van der Waals surface area contributed by atoms with Crippen molar-refractivity contribution in [2.75, 3.05) is 18.5 Å². The third kappa shape index (κ3) is 3.91. The lowest BCUT2D eigenvalue weighted by Crippen LogP contribution is -2.45. The number of rotatable bonds is 4. The van der Waals surface area contributed by atoms with E-state index < -0.39 is 0 Å². The summed E-state index contributed by atoms with van der Waals surface area (Å²) in [6, 6.07) is 14.5. The zero-order valence-corrected chi connectivity index (χ0v) is 16.8. The van der Waals surface area contributed by atoms with Gasteiger partial charge in [0, 0.05) is 37.3 Å². The molecular weight excluding hydrogens is 367 g/mol. The van der Waals surface area contributed by atoms with Gasteiger partial charge in [-0.15, -0.1) is 0 Å². The van der Waals surface area contributed by atoms with Crippen LogP contribution < -0.4 is 4.90 Å². The van der Waals surface area contributed by atoms with Crippen LogP contribution in [0.1, 0.15) is 36.8 Å². The zero-order valence-electron chi connectivity index (χ0n) is 16.8. The van der Waals surface area contributed by atoms with E-state index in [0.29, 0.717) is 18.5 Å². The summed E-state index contributed by atoms with van der Waals surface area (Å²) in [4.78, 5) is 30.1. The van der Waals surface area contributed by atoms with Crippen molar-refractivity contribution in [2.24, 2.45) is 11.8 Å². The van der Waals surface area contributed by atoms with Crippen LogP contribution in [0.4, 0.5) is 10.1 Å². The number of benzene rings is 2. The minimum atomic E-state index is -0.333. The Bertz CT molecular complexity index is 913. The van der Waals surface area contributed by atoms with Gasteiger partial charge in [-0.1, -0.05) is 49.2 Å². The lowest BCUT2D eigenvalue weighted by Gasteiger charge is -2.35.